The monoisotopic (exact) mass is 236 g/mol. The molecular formula is C12H10F2N2O. The molecule has 0 radical (unpaired) electrons. The molecule has 2 aromatic rings. The first-order valence-corrected chi connectivity index (χ1v) is 4.99. The number of rotatable bonds is 2. The molecule has 0 saturated carbocycles. The molecule has 5 heteroatoms. The molecule has 88 valence electrons. The molecule has 1 aromatic carbocycles. The van der Waals surface area contributed by atoms with Crippen LogP contribution >= 0.6 is 0 Å². The maximum atomic E-state index is 13.3. The second kappa shape index (κ2) is 4.37. The number of nitrogens with one attached hydrogen (secondary N) is 2. The number of H-pyrrole nitrogens is 1. The summed E-state index contributed by atoms with van der Waals surface area (Å²) in [5, 5.41) is 2.21. The van der Waals surface area contributed by atoms with Crippen molar-refractivity contribution in [1.82, 2.24) is 4.98 Å². The first-order chi connectivity index (χ1) is 8.09. The molecule has 0 aliphatic carbocycles. The number of aromatic amines is 1. The largest absolute Gasteiger partial charge is 0.365 e. The Labute approximate surface area is 96.5 Å². The summed E-state index contributed by atoms with van der Waals surface area (Å²) >= 11 is 0. The van der Waals surface area contributed by atoms with Crippen molar-refractivity contribution in [3.63, 3.8) is 0 Å². The number of hydrogen-bond acceptors (Lipinski definition) is 1. The zero-order chi connectivity index (χ0) is 12.4. The molecule has 0 aliphatic rings. The topological polar surface area (TPSA) is 44.9 Å². The molecule has 0 fully saturated rings. The molecule has 0 bridgehead atoms. The fourth-order valence-corrected chi connectivity index (χ4v) is 1.50. The maximum absolute atomic E-state index is 13.3. The predicted octanol–water partition coefficient (Wildman–Crippen LogP) is 2.85. The smallest absolute Gasteiger partial charge is 0.257 e. The van der Waals surface area contributed by atoms with Gasteiger partial charge in [-0.05, 0) is 25.1 Å². The van der Waals surface area contributed by atoms with Gasteiger partial charge in [-0.15, -0.1) is 0 Å². The highest BCUT2D eigenvalue weighted by Gasteiger charge is 2.15. The third-order valence-corrected chi connectivity index (χ3v) is 2.40. The summed E-state index contributed by atoms with van der Waals surface area (Å²) in [6.07, 6.45) is 1.59. The first-order valence-electron chi connectivity index (χ1n) is 4.99. The van der Waals surface area contributed by atoms with E-state index in [0.29, 0.717) is 11.3 Å². The highest BCUT2D eigenvalue weighted by Crippen LogP contribution is 2.19. The van der Waals surface area contributed by atoms with Gasteiger partial charge in [-0.25, -0.2) is 8.78 Å². The van der Waals surface area contributed by atoms with Crippen molar-refractivity contribution in [1.29, 1.82) is 0 Å². The fourth-order valence-electron chi connectivity index (χ4n) is 1.50. The molecule has 0 atom stereocenters. The summed E-state index contributed by atoms with van der Waals surface area (Å²) in [4.78, 5) is 14.6. The molecule has 2 N–H and O–H groups in total. The minimum absolute atomic E-state index is 0.354. The van der Waals surface area contributed by atoms with Crippen molar-refractivity contribution < 1.29 is 13.6 Å². The van der Waals surface area contributed by atoms with Gasteiger partial charge >= 0.3 is 0 Å². The summed E-state index contributed by atoms with van der Waals surface area (Å²) < 4.78 is 26.6. The van der Waals surface area contributed by atoms with Crippen molar-refractivity contribution in [2.24, 2.45) is 0 Å². The van der Waals surface area contributed by atoms with Crippen molar-refractivity contribution >= 4 is 11.6 Å². The SMILES string of the molecule is Cc1[nH]ccc1C(=O)Nc1c(F)cccc1F. The van der Waals surface area contributed by atoms with Gasteiger partial charge in [0.05, 0.1) is 5.56 Å². The Kier molecular flexibility index (Phi) is 2.91. The number of anilines is 1. The van der Waals surface area contributed by atoms with Gasteiger partial charge in [0, 0.05) is 11.9 Å². The predicted molar refractivity (Wildman–Crippen MR) is 59.8 cm³/mol. The van der Waals surface area contributed by atoms with Crippen LogP contribution in [0.15, 0.2) is 30.5 Å². The quantitative estimate of drug-likeness (QED) is 0.827. The number of aromatic nitrogens is 1. The lowest BCUT2D eigenvalue weighted by molar-refractivity contribution is 0.102. The Morgan fingerprint density at radius 3 is 2.41 bits per heavy atom. The number of benzene rings is 1. The number of carbonyl (C=O) groups is 1. The van der Waals surface area contributed by atoms with Crippen LogP contribution in [-0.4, -0.2) is 10.9 Å². The fraction of sp³-hybridized carbons (Fsp3) is 0.0833. The van der Waals surface area contributed by atoms with Gasteiger partial charge in [0.1, 0.15) is 17.3 Å². The minimum Gasteiger partial charge on any atom is -0.365 e. The molecule has 1 aromatic heterocycles. The van der Waals surface area contributed by atoms with E-state index >= 15 is 0 Å². The molecule has 0 spiro atoms. The van der Waals surface area contributed by atoms with Crippen molar-refractivity contribution in [2.75, 3.05) is 5.32 Å². The Balaban J connectivity index is 2.28. The van der Waals surface area contributed by atoms with Crippen LogP contribution in [0, 0.1) is 18.6 Å². The van der Waals surface area contributed by atoms with Crippen molar-refractivity contribution in [2.45, 2.75) is 6.92 Å². The second-order valence-electron chi connectivity index (χ2n) is 3.57. The number of hydrogen-bond donors (Lipinski definition) is 2. The number of halogens is 2. The van der Waals surface area contributed by atoms with Crippen LogP contribution in [0.5, 0.6) is 0 Å². The Morgan fingerprint density at radius 1 is 1.24 bits per heavy atom. The van der Waals surface area contributed by atoms with Crippen LogP contribution in [0.2, 0.25) is 0 Å². The zero-order valence-electron chi connectivity index (χ0n) is 9.05. The van der Waals surface area contributed by atoms with Crippen molar-refractivity contribution in [3.05, 3.63) is 53.4 Å². The van der Waals surface area contributed by atoms with Crippen molar-refractivity contribution in [3.8, 4) is 0 Å². The lowest BCUT2D eigenvalue weighted by atomic mass is 10.2. The molecule has 2 rings (SSSR count). The van der Waals surface area contributed by atoms with E-state index in [4.69, 9.17) is 0 Å². The first kappa shape index (κ1) is 11.3. The average molecular weight is 236 g/mol. The van der Waals surface area contributed by atoms with Crippen LogP contribution in [0.3, 0.4) is 0 Å². The van der Waals surface area contributed by atoms with Gasteiger partial charge in [0.15, 0.2) is 0 Å². The van der Waals surface area contributed by atoms with Gasteiger partial charge in [-0.2, -0.15) is 0 Å². The molecule has 3 nitrogen and oxygen atoms in total. The number of para-hydroxylation sites is 1. The van der Waals surface area contributed by atoms with E-state index in [-0.39, 0.29) is 0 Å². The second-order valence-corrected chi connectivity index (χ2v) is 3.57. The third kappa shape index (κ3) is 2.18. The van der Waals surface area contributed by atoms with E-state index in [0.717, 1.165) is 12.1 Å². The normalized spacial score (nSPS) is 10.3. The summed E-state index contributed by atoms with van der Waals surface area (Å²) in [6.45, 7) is 1.70. The highest BCUT2D eigenvalue weighted by molar-refractivity contribution is 6.05. The Bertz CT molecular complexity index is 543. The molecule has 17 heavy (non-hydrogen) atoms. The van der Waals surface area contributed by atoms with E-state index < -0.39 is 23.2 Å². The van der Waals surface area contributed by atoms with E-state index in [2.05, 4.69) is 10.3 Å². The van der Waals surface area contributed by atoms with Crippen LogP contribution < -0.4 is 5.32 Å². The van der Waals surface area contributed by atoms with E-state index in [9.17, 15) is 13.6 Å². The Hall–Kier alpha value is -2.17. The molecule has 0 saturated heterocycles. The minimum atomic E-state index is -0.800. The van der Waals surface area contributed by atoms with E-state index in [1.54, 1.807) is 19.2 Å². The number of amides is 1. The zero-order valence-corrected chi connectivity index (χ0v) is 9.05. The standard InChI is InChI=1S/C12H10F2N2O/c1-7-8(5-6-15-7)12(17)16-11-9(13)3-2-4-10(11)14/h2-6,15H,1H3,(H,16,17). The third-order valence-electron chi connectivity index (χ3n) is 2.40. The number of aryl methyl sites for hydroxylation is 1. The Morgan fingerprint density at radius 2 is 1.88 bits per heavy atom. The van der Waals surface area contributed by atoms with Crippen LogP contribution in [0.25, 0.3) is 0 Å². The maximum Gasteiger partial charge on any atom is 0.257 e. The summed E-state index contributed by atoms with van der Waals surface area (Å²) in [6, 6.07) is 4.95. The molecule has 1 amide bonds. The summed E-state index contributed by atoms with van der Waals surface area (Å²) in [7, 11) is 0. The van der Waals surface area contributed by atoms with Crippen LogP contribution in [-0.2, 0) is 0 Å². The average Bonchev–Trinajstić information content (AvgIpc) is 2.70. The summed E-state index contributed by atoms with van der Waals surface area (Å²) in [5.74, 6) is -2.15. The van der Waals surface area contributed by atoms with Gasteiger partial charge in [-0.3, -0.25) is 4.79 Å². The lowest BCUT2D eigenvalue weighted by Crippen LogP contribution is -2.14. The van der Waals surface area contributed by atoms with Gasteiger partial charge in [0.2, 0.25) is 0 Å². The van der Waals surface area contributed by atoms with Crippen LogP contribution in [0.4, 0.5) is 14.5 Å². The van der Waals surface area contributed by atoms with Gasteiger partial charge in [-0.1, -0.05) is 6.07 Å². The molecule has 0 aliphatic heterocycles. The van der Waals surface area contributed by atoms with Gasteiger partial charge in [0.25, 0.3) is 5.91 Å². The molecule has 0 unspecified atom stereocenters. The lowest BCUT2D eigenvalue weighted by Gasteiger charge is -2.06. The number of carbonyl (C=O) groups excluding carboxylic acids is 1. The molecular weight excluding hydrogens is 226 g/mol. The molecule has 1 heterocycles. The van der Waals surface area contributed by atoms with E-state index in [1.807, 2.05) is 0 Å². The highest BCUT2D eigenvalue weighted by atomic mass is 19.1. The summed E-state index contributed by atoms with van der Waals surface area (Å²) in [5.41, 5.74) is 0.560. The van der Waals surface area contributed by atoms with Crippen LogP contribution in [0.1, 0.15) is 16.1 Å². The van der Waals surface area contributed by atoms with Gasteiger partial charge < -0.3 is 10.3 Å². The van der Waals surface area contributed by atoms with E-state index in [1.165, 1.54) is 6.07 Å².